The number of nitrogens with one attached hydrogen (secondary N) is 1. The molecule has 0 aliphatic carbocycles. The number of nitrogen functional groups attached to an aromatic ring is 1. The molecule has 0 spiro atoms. The second-order valence-electron chi connectivity index (χ2n) is 3.31. The Kier molecular flexibility index (Phi) is 4.21. The highest BCUT2D eigenvalue weighted by atomic mass is 79.9. The van der Waals surface area contributed by atoms with Crippen molar-refractivity contribution in [2.75, 3.05) is 0 Å². The molecule has 0 atom stereocenters. The summed E-state index contributed by atoms with van der Waals surface area (Å²) in [6.45, 7) is 0. The molecule has 0 saturated heterocycles. The van der Waals surface area contributed by atoms with Crippen molar-refractivity contribution in [1.82, 2.24) is 9.97 Å². The summed E-state index contributed by atoms with van der Waals surface area (Å²) in [6, 6.07) is 5.36. The summed E-state index contributed by atoms with van der Waals surface area (Å²) < 4.78 is 0.906. The van der Waals surface area contributed by atoms with Gasteiger partial charge in [0.1, 0.15) is 15.9 Å². The minimum Gasteiger partial charge on any atom is -0.384 e. The van der Waals surface area contributed by atoms with Crippen molar-refractivity contribution in [2.24, 2.45) is 5.73 Å². The van der Waals surface area contributed by atoms with Gasteiger partial charge in [0.15, 0.2) is 0 Å². The second-order valence-corrected chi connectivity index (χ2v) is 5.61. The molecule has 4 nitrogen and oxygen atoms in total. The standard InChI is InChI=1S/C11H8BrClN4S/c12-6-1-2-8(17-5-6)18-11-9(13)7(10(14)15)3-4-16-11/h1-5H,(H3,14,15). The van der Waals surface area contributed by atoms with E-state index in [0.717, 1.165) is 9.50 Å². The molecular formula is C11H8BrClN4S. The zero-order valence-corrected chi connectivity index (χ0v) is 12.2. The van der Waals surface area contributed by atoms with E-state index >= 15 is 0 Å². The van der Waals surface area contributed by atoms with E-state index < -0.39 is 0 Å². The van der Waals surface area contributed by atoms with Crippen molar-refractivity contribution in [3.63, 3.8) is 0 Å². The van der Waals surface area contributed by atoms with Gasteiger partial charge in [-0.15, -0.1) is 0 Å². The normalized spacial score (nSPS) is 10.3. The first-order chi connectivity index (χ1) is 8.58. The van der Waals surface area contributed by atoms with Crippen LogP contribution in [0, 0.1) is 5.41 Å². The third-order valence-electron chi connectivity index (χ3n) is 2.05. The van der Waals surface area contributed by atoms with Gasteiger partial charge in [-0.1, -0.05) is 11.6 Å². The maximum absolute atomic E-state index is 7.42. The zero-order chi connectivity index (χ0) is 13.1. The van der Waals surface area contributed by atoms with Crippen LogP contribution in [0.15, 0.2) is 45.1 Å². The van der Waals surface area contributed by atoms with Gasteiger partial charge in [0.25, 0.3) is 0 Å². The molecule has 0 fully saturated rings. The lowest BCUT2D eigenvalue weighted by atomic mass is 10.2. The molecule has 0 aromatic carbocycles. The first-order valence-electron chi connectivity index (χ1n) is 4.86. The molecule has 2 heterocycles. The van der Waals surface area contributed by atoms with Crippen LogP contribution in [0.1, 0.15) is 5.56 Å². The van der Waals surface area contributed by atoms with E-state index in [1.807, 2.05) is 12.1 Å². The van der Waals surface area contributed by atoms with Crippen LogP contribution < -0.4 is 5.73 Å². The minimum absolute atomic E-state index is 0.0759. The molecular weight excluding hydrogens is 336 g/mol. The Morgan fingerprint density at radius 1 is 1.33 bits per heavy atom. The summed E-state index contributed by atoms with van der Waals surface area (Å²) in [4.78, 5) is 8.39. The number of aromatic nitrogens is 2. The summed E-state index contributed by atoms with van der Waals surface area (Å²) >= 11 is 10.8. The van der Waals surface area contributed by atoms with Gasteiger partial charge in [0.05, 0.1) is 5.02 Å². The van der Waals surface area contributed by atoms with Crippen LogP contribution in [0.25, 0.3) is 0 Å². The molecule has 0 radical (unpaired) electrons. The van der Waals surface area contributed by atoms with E-state index in [4.69, 9.17) is 22.7 Å². The van der Waals surface area contributed by atoms with Gasteiger partial charge in [-0.05, 0) is 45.9 Å². The lowest BCUT2D eigenvalue weighted by molar-refractivity contribution is 1.08. The Bertz CT molecular complexity index is 588. The van der Waals surface area contributed by atoms with Crippen LogP contribution >= 0.6 is 39.3 Å². The molecule has 18 heavy (non-hydrogen) atoms. The van der Waals surface area contributed by atoms with Gasteiger partial charge in [-0.25, -0.2) is 9.97 Å². The van der Waals surface area contributed by atoms with Crippen molar-refractivity contribution in [3.05, 3.63) is 45.7 Å². The Labute approximate surface area is 122 Å². The van der Waals surface area contributed by atoms with Crippen molar-refractivity contribution in [3.8, 4) is 0 Å². The molecule has 2 aromatic heterocycles. The number of halogens is 2. The van der Waals surface area contributed by atoms with Crippen LogP contribution in [-0.4, -0.2) is 15.8 Å². The minimum atomic E-state index is -0.0759. The van der Waals surface area contributed by atoms with E-state index in [1.54, 1.807) is 18.5 Å². The molecule has 7 heteroatoms. The molecule has 0 bridgehead atoms. The summed E-state index contributed by atoms with van der Waals surface area (Å²) in [5.41, 5.74) is 5.91. The summed E-state index contributed by atoms with van der Waals surface area (Å²) in [6.07, 6.45) is 3.27. The fourth-order valence-corrected chi connectivity index (χ4v) is 2.54. The summed E-state index contributed by atoms with van der Waals surface area (Å²) in [7, 11) is 0. The van der Waals surface area contributed by atoms with Crippen molar-refractivity contribution < 1.29 is 0 Å². The third-order valence-corrected chi connectivity index (χ3v) is 3.97. The van der Waals surface area contributed by atoms with Crippen LogP contribution in [-0.2, 0) is 0 Å². The highest BCUT2D eigenvalue weighted by Crippen LogP contribution is 2.32. The highest BCUT2D eigenvalue weighted by molar-refractivity contribution is 9.10. The smallest absolute Gasteiger partial charge is 0.124 e. The molecule has 0 saturated carbocycles. The maximum Gasteiger partial charge on any atom is 0.124 e. The van der Waals surface area contributed by atoms with Crippen molar-refractivity contribution in [2.45, 2.75) is 10.1 Å². The van der Waals surface area contributed by atoms with E-state index in [2.05, 4.69) is 25.9 Å². The topological polar surface area (TPSA) is 75.7 Å². The Balaban J connectivity index is 2.32. The molecule has 0 unspecified atom stereocenters. The molecule has 2 aromatic rings. The first-order valence-corrected chi connectivity index (χ1v) is 6.85. The Morgan fingerprint density at radius 3 is 2.72 bits per heavy atom. The SMILES string of the molecule is N=C(N)c1ccnc(Sc2ccc(Br)cn2)c1Cl. The molecule has 2 rings (SSSR count). The highest BCUT2D eigenvalue weighted by Gasteiger charge is 2.11. The average molecular weight is 344 g/mol. The number of rotatable bonds is 3. The molecule has 3 N–H and O–H groups in total. The Morgan fingerprint density at radius 2 is 2.11 bits per heavy atom. The largest absolute Gasteiger partial charge is 0.384 e. The maximum atomic E-state index is 7.42. The van der Waals surface area contributed by atoms with Gasteiger partial charge in [0.2, 0.25) is 0 Å². The van der Waals surface area contributed by atoms with Gasteiger partial charge in [0, 0.05) is 22.4 Å². The van der Waals surface area contributed by atoms with Crippen molar-refractivity contribution >= 4 is 45.1 Å². The monoisotopic (exact) mass is 342 g/mol. The lowest BCUT2D eigenvalue weighted by Crippen LogP contribution is -2.12. The average Bonchev–Trinajstić information content (AvgIpc) is 2.34. The fourth-order valence-electron chi connectivity index (χ4n) is 1.23. The molecule has 92 valence electrons. The molecule has 0 aliphatic heterocycles. The predicted octanol–water partition coefficient (Wildman–Crippen LogP) is 3.33. The van der Waals surface area contributed by atoms with E-state index in [9.17, 15) is 0 Å². The van der Waals surface area contributed by atoms with Crippen molar-refractivity contribution in [1.29, 1.82) is 5.41 Å². The van der Waals surface area contributed by atoms with Crippen LogP contribution in [0.5, 0.6) is 0 Å². The van der Waals surface area contributed by atoms with Crippen LogP contribution in [0.2, 0.25) is 5.02 Å². The third kappa shape index (κ3) is 3.01. The van der Waals surface area contributed by atoms with Gasteiger partial charge >= 0.3 is 0 Å². The number of hydrogen-bond acceptors (Lipinski definition) is 4. The number of nitrogens with two attached hydrogens (primary N) is 1. The lowest BCUT2D eigenvalue weighted by Gasteiger charge is -2.06. The molecule has 0 amide bonds. The summed E-state index contributed by atoms with van der Waals surface area (Å²) in [5.74, 6) is -0.0759. The summed E-state index contributed by atoms with van der Waals surface area (Å²) in [5, 5.41) is 9.14. The van der Waals surface area contributed by atoms with Crippen LogP contribution in [0.3, 0.4) is 0 Å². The Hall–Kier alpha value is -1.11. The van der Waals surface area contributed by atoms with Crippen LogP contribution in [0.4, 0.5) is 0 Å². The zero-order valence-electron chi connectivity index (χ0n) is 9.02. The van der Waals surface area contributed by atoms with E-state index in [0.29, 0.717) is 15.6 Å². The number of hydrogen-bond donors (Lipinski definition) is 2. The molecule has 0 aliphatic rings. The quantitative estimate of drug-likeness (QED) is 0.662. The predicted molar refractivity (Wildman–Crippen MR) is 76.3 cm³/mol. The van der Waals surface area contributed by atoms with E-state index in [1.165, 1.54) is 11.8 Å². The number of amidine groups is 1. The van der Waals surface area contributed by atoms with E-state index in [-0.39, 0.29) is 5.84 Å². The number of pyridine rings is 2. The van der Waals surface area contributed by atoms with Gasteiger partial charge in [-0.2, -0.15) is 0 Å². The second kappa shape index (κ2) is 5.69. The first kappa shape index (κ1) is 13.3. The number of nitrogens with zero attached hydrogens (tertiary/aromatic N) is 2. The fraction of sp³-hybridized carbons (Fsp3) is 0. The van der Waals surface area contributed by atoms with Gasteiger partial charge in [-0.3, -0.25) is 5.41 Å². The van der Waals surface area contributed by atoms with Gasteiger partial charge < -0.3 is 5.73 Å².